The van der Waals surface area contributed by atoms with Crippen LogP contribution >= 0.6 is 31.9 Å². The summed E-state index contributed by atoms with van der Waals surface area (Å²) in [6.07, 6.45) is 0. The SMILES string of the molecule is CC(C)(C)C1=C(C(C)(C)C)[C@H](Br)S(=N)(=O)[C@@H]1Br. The molecule has 1 heterocycles. The molecule has 0 spiro atoms. The van der Waals surface area contributed by atoms with Crippen molar-refractivity contribution in [2.24, 2.45) is 10.8 Å². The summed E-state index contributed by atoms with van der Waals surface area (Å²) in [6.45, 7) is 12.7. The molecule has 1 aliphatic rings. The van der Waals surface area contributed by atoms with Gasteiger partial charge in [-0.05, 0) is 22.0 Å². The second kappa shape index (κ2) is 4.34. The highest BCUT2D eigenvalue weighted by atomic mass is 79.9. The third kappa shape index (κ3) is 2.66. The molecule has 3 atom stereocenters. The first kappa shape index (κ1) is 15.7. The van der Waals surface area contributed by atoms with Crippen molar-refractivity contribution in [3.05, 3.63) is 11.1 Å². The first-order valence-electron chi connectivity index (χ1n) is 5.61. The summed E-state index contributed by atoms with van der Waals surface area (Å²) in [5, 5.41) is 0. The maximum atomic E-state index is 12.5. The Bertz CT molecular complexity index is 416. The summed E-state index contributed by atoms with van der Waals surface area (Å²) in [4.78, 5) is 0. The molecule has 0 fully saturated rings. The second-order valence-electron chi connectivity index (χ2n) is 6.61. The predicted molar refractivity (Wildman–Crippen MR) is 82.2 cm³/mol. The summed E-state index contributed by atoms with van der Waals surface area (Å²) in [5.41, 5.74) is 2.07. The van der Waals surface area contributed by atoms with Gasteiger partial charge in [-0.1, -0.05) is 73.4 Å². The molecular weight excluding hydrogens is 366 g/mol. The smallest absolute Gasteiger partial charge is 0.121 e. The van der Waals surface area contributed by atoms with Gasteiger partial charge in [0, 0.05) is 0 Å². The molecule has 0 saturated heterocycles. The van der Waals surface area contributed by atoms with Crippen LogP contribution in [0.15, 0.2) is 11.1 Å². The number of halogens is 2. The molecule has 17 heavy (non-hydrogen) atoms. The van der Waals surface area contributed by atoms with Crippen molar-refractivity contribution in [2.45, 2.75) is 49.9 Å². The lowest BCUT2D eigenvalue weighted by Crippen LogP contribution is -2.21. The third-order valence-corrected chi connectivity index (χ3v) is 8.92. The Morgan fingerprint density at radius 3 is 1.35 bits per heavy atom. The van der Waals surface area contributed by atoms with E-state index >= 15 is 0 Å². The highest BCUT2D eigenvalue weighted by Crippen LogP contribution is 2.52. The number of alkyl halides is 2. The van der Waals surface area contributed by atoms with Gasteiger partial charge in [0.15, 0.2) is 0 Å². The normalized spacial score (nSPS) is 35.5. The Morgan fingerprint density at radius 1 is 0.941 bits per heavy atom. The van der Waals surface area contributed by atoms with Crippen molar-refractivity contribution < 1.29 is 4.21 Å². The number of hydrogen-bond acceptors (Lipinski definition) is 2. The molecule has 0 aliphatic carbocycles. The fraction of sp³-hybridized carbons (Fsp3) is 0.833. The average Bonchev–Trinajstić information content (AvgIpc) is 2.23. The molecule has 0 saturated carbocycles. The third-order valence-electron chi connectivity index (χ3n) is 2.97. The predicted octanol–water partition coefficient (Wildman–Crippen LogP) is 4.88. The minimum absolute atomic E-state index is 0.0803. The van der Waals surface area contributed by atoms with E-state index in [0.717, 1.165) is 11.1 Å². The summed E-state index contributed by atoms with van der Waals surface area (Å²) in [7, 11) is -2.71. The standard InChI is InChI=1S/C12H21Br2NOS/c1-11(2,3)7-8(12(4,5)6)10(14)17(15,16)9(7)13/h9-10,15H,1-6H3/t9-,10+,17?. The van der Waals surface area contributed by atoms with Crippen LogP contribution in [0.3, 0.4) is 0 Å². The van der Waals surface area contributed by atoms with E-state index in [1.54, 1.807) is 0 Å². The zero-order chi connectivity index (χ0) is 13.8. The van der Waals surface area contributed by atoms with Crippen molar-refractivity contribution in [2.75, 3.05) is 0 Å². The maximum absolute atomic E-state index is 12.5. The van der Waals surface area contributed by atoms with Crippen molar-refractivity contribution in [3.8, 4) is 0 Å². The van der Waals surface area contributed by atoms with Crippen molar-refractivity contribution in [3.63, 3.8) is 0 Å². The van der Waals surface area contributed by atoms with Gasteiger partial charge in [0.1, 0.15) is 8.32 Å². The number of rotatable bonds is 0. The summed E-state index contributed by atoms with van der Waals surface area (Å²) in [6, 6.07) is 0. The van der Waals surface area contributed by atoms with E-state index in [1.165, 1.54) is 0 Å². The molecule has 0 aromatic carbocycles. The molecule has 0 amide bonds. The summed E-state index contributed by atoms with van der Waals surface area (Å²) >= 11 is 6.97. The molecule has 0 aromatic heterocycles. The van der Waals surface area contributed by atoms with Gasteiger partial charge in [0.25, 0.3) is 0 Å². The van der Waals surface area contributed by atoms with Gasteiger partial charge in [-0.3, -0.25) is 4.78 Å². The monoisotopic (exact) mass is 385 g/mol. The summed E-state index contributed by atoms with van der Waals surface area (Å²) in [5.74, 6) is 0. The lowest BCUT2D eigenvalue weighted by atomic mass is 9.76. The Kier molecular flexibility index (Phi) is 4.01. The Labute approximate surface area is 122 Å². The molecule has 5 heteroatoms. The average molecular weight is 387 g/mol. The van der Waals surface area contributed by atoms with Gasteiger partial charge in [0.2, 0.25) is 0 Å². The van der Waals surface area contributed by atoms with Gasteiger partial charge in [-0.15, -0.1) is 0 Å². The van der Waals surface area contributed by atoms with Crippen molar-refractivity contribution in [1.29, 1.82) is 4.78 Å². The van der Waals surface area contributed by atoms with Crippen LogP contribution in [0.5, 0.6) is 0 Å². The van der Waals surface area contributed by atoms with Crippen molar-refractivity contribution >= 4 is 41.6 Å². The van der Waals surface area contributed by atoms with Crippen molar-refractivity contribution in [1.82, 2.24) is 0 Å². The van der Waals surface area contributed by atoms with Crippen LogP contribution in [-0.2, 0) is 9.73 Å². The van der Waals surface area contributed by atoms with E-state index in [-0.39, 0.29) is 19.1 Å². The molecule has 100 valence electrons. The van der Waals surface area contributed by atoms with Crippen LogP contribution in [-0.4, -0.2) is 12.5 Å². The van der Waals surface area contributed by atoms with E-state index in [0.29, 0.717) is 0 Å². The van der Waals surface area contributed by atoms with E-state index in [4.69, 9.17) is 4.78 Å². The van der Waals surface area contributed by atoms with Crippen LogP contribution in [0.4, 0.5) is 0 Å². The fourth-order valence-corrected chi connectivity index (χ4v) is 8.09. The number of nitrogens with one attached hydrogen (secondary N) is 1. The number of hydrogen-bond donors (Lipinski definition) is 1. The first-order chi connectivity index (χ1) is 7.31. The topological polar surface area (TPSA) is 40.9 Å². The second-order valence-corrected chi connectivity index (χ2v) is 11.9. The van der Waals surface area contributed by atoms with Gasteiger partial charge in [0.05, 0.1) is 9.73 Å². The molecular formula is C12H21Br2NOS. The highest BCUT2D eigenvalue weighted by molar-refractivity contribution is 9.13. The van der Waals surface area contributed by atoms with Crippen LogP contribution in [0, 0.1) is 15.6 Å². The van der Waals surface area contributed by atoms with Crippen LogP contribution < -0.4 is 0 Å². The van der Waals surface area contributed by atoms with E-state index in [2.05, 4.69) is 73.4 Å². The van der Waals surface area contributed by atoms with Gasteiger partial charge >= 0.3 is 0 Å². The molecule has 1 N–H and O–H groups in total. The van der Waals surface area contributed by atoms with Crippen LogP contribution in [0.25, 0.3) is 0 Å². The highest BCUT2D eigenvalue weighted by Gasteiger charge is 2.48. The zero-order valence-corrected chi connectivity index (χ0v) is 15.2. The quantitative estimate of drug-likeness (QED) is 0.467. The molecule has 0 aromatic rings. The Hall–Kier alpha value is 0.650. The minimum Gasteiger partial charge on any atom is -0.250 e. The Balaban J connectivity index is 3.59. The van der Waals surface area contributed by atoms with E-state index in [1.807, 2.05) is 0 Å². The zero-order valence-electron chi connectivity index (χ0n) is 11.2. The minimum atomic E-state index is -2.71. The van der Waals surface area contributed by atoms with Gasteiger partial charge in [-0.25, -0.2) is 4.21 Å². The van der Waals surface area contributed by atoms with Crippen LogP contribution in [0.1, 0.15) is 41.5 Å². The molecule has 0 radical (unpaired) electrons. The lowest BCUT2D eigenvalue weighted by molar-refractivity contribution is 0.448. The summed E-state index contributed by atoms with van der Waals surface area (Å²) < 4.78 is 19.9. The first-order valence-corrected chi connectivity index (χ1v) is 9.12. The largest absolute Gasteiger partial charge is 0.250 e. The molecule has 1 unspecified atom stereocenters. The van der Waals surface area contributed by atoms with Gasteiger partial charge in [-0.2, -0.15) is 0 Å². The van der Waals surface area contributed by atoms with E-state index in [9.17, 15) is 4.21 Å². The maximum Gasteiger partial charge on any atom is 0.121 e. The fourth-order valence-electron chi connectivity index (χ4n) is 2.19. The lowest BCUT2D eigenvalue weighted by Gasteiger charge is -2.30. The molecule has 1 aliphatic heterocycles. The molecule has 1 rings (SSSR count). The molecule has 0 bridgehead atoms. The Morgan fingerprint density at radius 2 is 1.18 bits per heavy atom. The van der Waals surface area contributed by atoms with Gasteiger partial charge < -0.3 is 0 Å². The van der Waals surface area contributed by atoms with Crippen LogP contribution in [0.2, 0.25) is 0 Å². The molecule has 2 nitrogen and oxygen atoms in total. The van der Waals surface area contributed by atoms with E-state index < -0.39 is 9.73 Å².